The highest BCUT2D eigenvalue weighted by Crippen LogP contribution is 2.13. The van der Waals surface area contributed by atoms with E-state index in [4.69, 9.17) is 0 Å². The van der Waals surface area contributed by atoms with Gasteiger partial charge in [0, 0.05) is 32.1 Å². The third-order valence-electron chi connectivity index (χ3n) is 3.04. The Labute approximate surface area is 102 Å². The number of nitrogens with one attached hydrogen (secondary N) is 1. The molecule has 2 rings (SSSR count). The van der Waals surface area contributed by atoms with Crippen LogP contribution in [0.1, 0.15) is 18.9 Å². The van der Waals surface area contributed by atoms with Crippen molar-refractivity contribution in [1.82, 2.24) is 10.2 Å². The zero-order valence-electron chi connectivity index (χ0n) is 10.1. The molecule has 0 radical (unpaired) electrons. The highest BCUT2D eigenvalue weighted by Gasteiger charge is 2.29. The monoisotopic (exact) mass is 236 g/mol. The summed E-state index contributed by atoms with van der Waals surface area (Å²) >= 11 is 0. The molecule has 0 spiro atoms. The van der Waals surface area contributed by atoms with E-state index < -0.39 is 5.91 Å². The second-order valence-electron chi connectivity index (χ2n) is 4.83. The minimum absolute atomic E-state index is 0.0659. The SMILES string of the molecule is CC1CN(Cc2ccccc2)CCC(O)(O)N1. The first-order valence-corrected chi connectivity index (χ1v) is 6.04. The van der Waals surface area contributed by atoms with Crippen molar-refractivity contribution in [3.63, 3.8) is 0 Å². The van der Waals surface area contributed by atoms with E-state index >= 15 is 0 Å². The van der Waals surface area contributed by atoms with Gasteiger partial charge in [0.25, 0.3) is 0 Å². The van der Waals surface area contributed by atoms with Gasteiger partial charge in [0.15, 0.2) is 0 Å². The molecular formula is C13H20N2O2. The van der Waals surface area contributed by atoms with E-state index in [9.17, 15) is 10.2 Å². The summed E-state index contributed by atoms with van der Waals surface area (Å²) in [4.78, 5) is 2.24. The summed E-state index contributed by atoms with van der Waals surface area (Å²) in [6.07, 6.45) is 0.324. The highest BCUT2D eigenvalue weighted by molar-refractivity contribution is 5.14. The molecule has 4 nitrogen and oxygen atoms in total. The Balaban J connectivity index is 1.98. The lowest BCUT2D eigenvalue weighted by atomic mass is 10.2. The minimum atomic E-state index is -1.73. The number of benzene rings is 1. The fourth-order valence-electron chi connectivity index (χ4n) is 2.29. The van der Waals surface area contributed by atoms with Gasteiger partial charge in [0.2, 0.25) is 5.91 Å². The molecule has 1 unspecified atom stereocenters. The smallest absolute Gasteiger partial charge is 0.223 e. The maximum Gasteiger partial charge on any atom is 0.223 e. The molecule has 17 heavy (non-hydrogen) atoms. The van der Waals surface area contributed by atoms with E-state index in [0.29, 0.717) is 13.0 Å². The first-order valence-electron chi connectivity index (χ1n) is 6.04. The van der Waals surface area contributed by atoms with E-state index in [1.807, 2.05) is 25.1 Å². The molecule has 3 N–H and O–H groups in total. The number of aliphatic hydroxyl groups is 2. The number of rotatable bonds is 2. The van der Waals surface area contributed by atoms with Crippen molar-refractivity contribution in [3.8, 4) is 0 Å². The first kappa shape index (κ1) is 12.5. The van der Waals surface area contributed by atoms with Crippen LogP contribution in [0.2, 0.25) is 0 Å². The molecule has 1 atom stereocenters. The average Bonchev–Trinajstić information content (AvgIpc) is 2.38. The van der Waals surface area contributed by atoms with Gasteiger partial charge in [-0.25, -0.2) is 0 Å². The number of hydrogen-bond acceptors (Lipinski definition) is 4. The van der Waals surface area contributed by atoms with Crippen LogP contribution < -0.4 is 5.32 Å². The molecule has 1 heterocycles. The zero-order valence-corrected chi connectivity index (χ0v) is 10.1. The summed E-state index contributed by atoms with van der Waals surface area (Å²) in [5.74, 6) is -1.73. The molecule has 1 fully saturated rings. The van der Waals surface area contributed by atoms with Crippen LogP contribution in [-0.4, -0.2) is 40.2 Å². The lowest BCUT2D eigenvalue weighted by Crippen LogP contribution is -2.49. The molecule has 0 aromatic heterocycles. The predicted molar refractivity (Wildman–Crippen MR) is 66.1 cm³/mol. The van der Waals surface area contributed by atoms with Crippen molar-refractivity contribution in [2.24, 2.45) is 0 Å². The Morgan fingerprint density at radius 3 is 2.76 bits per heavy atom. The molecule has 1 aromatic rings. The molecule has 4 heteroatoms. The average molecular weight is 236 g/mol. The Bertz CT molecular complexity index is 354. The summed E-state index contributed by atoms with van der Waals surface area (Å²) < 4.78 is 0. The first-order chi connectivity index (χ1) is 8.05. The summed E-state index contributed by atoms with van der Waals surface area (Å²) in [5.41, 5.74) is 1.25. The number of nitrogens with zero attached hydrogens (tertiary/aromatic N) is 1. The number of hydrogen-bond donors (Lipinski definition) is 3. The van der Waals surface area contributed by atoms with Crippen LogP contribution >= 0.6 is 0 Å². The fourth-order valence-corrected chi connectivity index (χ4v) is 2.29. The Morgan fingerprint density at radius 2 is 2.06 bits per heavy atom. The molecule has 1 saturated heterocycles. The van der Waals surface area contributed by atoms with E-state index in [1.54, 1.807) is 0 Å². The third-order valence-corrected chi connectivity index (χ3v) is 3.04. The molecule has 1 aliphatic rings. The van der Waals surface area contributed by atoms with Gasteiger partial charge in [-0.05, 0) is 12.5 Å². The molecule has 0 aliphatic carbocycles. The van der Waals surface area contributed by atoms with E-state index in [-0.39, 0.29) is 6.04 Å². The highest BCUT2D eigenvalue weighted by atomic mass is 16.5. The molecule has 0 bridgehead atoms. The Kier molecular flexibility index (Phi) is 3.79. The van der Waals surface area contributed by atoms with Gasteiger partial charge < -0.3 is 10.2 Å². The maximum absolute atomic E-state index is 9.63. The third kappa shape index (κ3) is 3.78. The van der Waals surface area contributed by atoms with Crippen molar-refractivity contribution in [1.29, 1.82) is 0 Å². The van der Waals surface area contributed by atoms with Crippen LogP contribution in [0, 0.1) is 0 Å². The van der Waals surface area contributed by atoms with Crippen LogP contribution in [0.3, 0.4) is 0 Å². The lowest BCUT2D eigenvalue weighted by Gasteiger charge is -2.23. The van der Waals surface area contributed by atoms with Crippen LogP contribution in [0.15, 0.2) is 30.3 Å². The maximum atomic E-state index is 9.63. The summed E-state index contributed by atoms with van der Waals surface area (Å²) in [7, 11) is 0. The van der Waals surface area contributed by atoms with Crippen molar-refractivity contribution >= 4 is 0 Å². The Morgan fingerprint density at radius 1 is 1.35 bits per heavy atom. The van der Waals surface area contributed by atoms with Crippen molar-refractivity contribution in [2.45, 2.75) is 31.8 Å². The van der Waals surface area contributed by atoms with Gasteiger partial charge in [0.1, 0.15) is 0 Å². The molecule has 0 amide bonds. The van der Waals surface area contributed by atoms with Gasteiger partial charge in [-0.3, -0.25) is 10.2 Å². The van der Waals surface area contributed by atoms with E-state index in [1.165, 1.54) is 5.56 Å². The predicted octanol–water partition coefficient (Wildman–Crippen LogP) is 0.509. The quantitative estimate of drug-likeness (QED) is 0.655. The standard InChI is InChI=1S/C13H20N2O2/c1-11-9-15(8-7-13(16,17)14-11)10-12-5-3-2-4-6-12/h2-6,11,14,16-17H,7-10H2,1H3. The molecule has 94 valence electrons. The molecule has 1 aromatic carbocycles. The fraction of sp³-hybridized carbons (Fsp3) is 0.538. The largest absolute Gasteiger partial charge is 0.353 e. The van der Waals surface area contributed by atoms with Crippen molar-refractivity contribution in [3.05, 3.63) is 35.9 Å². The lowest BCUT2D eigenvalue weighted by molar-refractivity contribution is -0.190. The second-order valence-corrected chi connectivity index (χ2v) is 4.83. The molecule has 0 saturated carbocycles. The van der Waals surface area contributed by atoms with Gasteiger partial charge in [-0.1, -0.05) is 30.3 Å². The summed E-state index contributed by atoms with van der Waals surface area (Å²) in [6.45, 7) is 4.31. The normalized spacial score (nSPS) is 25.5. The van der Waals surface area contributed by atoms with Gasteiger partial charge >= 0.3 is 0 Å². The minimum Gasteiger partial charge on any atom is -0.353 e. The Hall–Kier alpha value is -0.940. The zero-order chi connectivity index (χ0) is 12.3. The van der Waals surface area contributed by atoms with Crippen molar-refractivity contribution in [2.75, 3.05) is 13.1 Å². The van der Waals surface area contributed by atoms with Crippen LogP contribution in [-0.2, 0) is 6.54 Å². The van der Waals surface area contributed by atoms with Crippen LogP contribution in [0.25, 0.3) is 0 Å². The van der Waals surface area contributed by atoms with Gasteiger partial charge in [-0.15, -0.1) is 0 Å². The van der Waals surface area contributed by atoms with E-state index in [2.05, 4.69) is 22.3 Å². The van der Waals surface area contributed by atoms with Gasteiger partial charge in [0.05, 0.1) is 0 Å². The van der Waals surface area contributed by atoms with E-state index in [0.717, 1.165) is 13.1 Å². The summed E-state index contributed by atoms with van der Waals surface area (Å²) in [6, 6.07) is 10.3. The van der Waals surface area contributed by atoms with Gasteiger partial charge in [-0.2, -0.15) is 0 Å². The topological polar surface area (TPSA) is 55.7 Å². The van der Waals surface area contributed by atoms with Crippen molar-refractivity contribution < 1.29 is 10.2 Å². The van der Waals surface area contributed by atoms with Crippen LogP contribution in [0.5, 0.6) is 0 Å². The van der Waals surface area contributed by atoms with Crippen LogP contribution in [0.4, 0.5) is 0 Å². The molecule has 1 aliphatic heterocycles. The molecular weight excluding hydrogens is 216 g/mol. The summed E-state index contributed by atoms with van der Waals surface area (Å²) in [5, 5.41) is 22.1. The second kappa shape index (κ2) is 5.14.